The monoisotopic (exact) mass is 429 g/mol. The summed E-state index contributed by atoms with van der Waals surface area (Å²) < 4.78 is 0. The molecule has 1 unspecified atom stereocenters. The molecule has 2 amide bonds. The van der Waals surface area contributed by atoms with Crippen molar-refractivity contribution in [2.24, 2.45) is 5.41 Å². The summed E-state index contributed by atoms with van der Waals surface area (Å²) in [5, 5.41) is 16.1. The Morgan fingerprint density at radius 3 is 2.30 bits per heavy atom. The highest BCUT2D eigenvalue weighted by atomic mass is 32.2. The van der Waals surface area contributed by atoms with Crippen LogP contribution in [0.15, 0.2) is 53.4 Å². The van der Waals surface area contributed by atoms with Crippen LogP contribution < -0.4 is 10.6 Å². The minimum atomic E-state index is -0.483. The largest absolute Gasteiger partial charge is 0.326 e. The number of carbonyl (C=O) groups excluding carboxylic acids is 2. The summed E-state index contributed by atoms with van der Waals surface area (Å²) in [6, 6.07) is 13.1. The number of carbonyl (C=O) groups is 2. The molecule has 2 aromatic rings. The van der Waals surface area contributed by atoms with Gasteiger partial charge in [-0.05, 0) is 42.2 Å². The molecule has 0 aromatic heterocycles. The van der Waals surface area contributed by atoms with Gasteiger partial charge in [-0.3, -0.25) is 19.7 Å². The summed E-state index contributed by atoms with van der Waals surface area (Å²) in [7, 11) is 0. The highest BCUT2D eigenvalue weighted by Gasteiger charge is 2.19. The minimum Gasteiger partial charge on any atom is -0.326 e. The molecule has 0 spiro atoms. The Balaban J connectivity index is 2.01. The first-order valence-corrected chi connectivity index (χ1v) is 10.6. The number of rotatable bonds is 8. The molecule has 30 heavy (non-hydrogen) atoms. The van der Waals surface area contributed by atoms with Gasteiger partial charge in [0.15, 0.2) is 0 Å². The first-order chi connectivity index (χ1) is 14.1. The molecule has 0 aliphatic rings. The van der Waals surface area contributed by atoms with Gasteiger partial charge in [-0.2, -0.15) is 0 Å². The first kappa shape index (κ1) is 23.4. The van der Waals surface area contributed by atoms with Crippen LogP contribution in [-0.2, 0) is 9.59 Å². The highest BCUT2D eigenvalue weighted by molar-refractivity contribution is 8.00. The van der Waals surface area contributed by atoms with Gasteiger partial charge in [0.05, 0.1) is 10.2 Å². The Morgan fingerprint density at radius 2 is 1.73 bits per heavy atom. The molecule has 0 radical (unpaired) electrons. The van der Waals surface area contributed by atoms with E-state index in [-0.39, 0.29) is 28.2 Å². The Hall–Kier alpha value is -2.87. The van der Waals surface area contributed by atoms with E-state index in [4.69, 9.17) is 0 Å². The van der Waals surface area contributed by atoms with Crippen LogP contribution in [-0.4, -0.2) is 22.0 Å². The summed E-state index contributed by atoms with van der Waals surface area (Å²) in [6.45, 7) is 7.94. The third-order valence-electron chi connectivity index (χ3n) is 4.10. The Bertz CT molecular complexity index is 907. The molecule has 7 nitrogen and oxygen atoms in total. The second kappa shape index (κ2) is 10.2. The van der Waals surface area contributed by atoms with E-state index in [0.29, 0.717) is 24.2 Å². The van der Waals surface area contributed by atoms with Gasteiger partial charge in [0, 0.05) is 34.8 Å². The van der Waals surface area contributed by atoms with Crippen molar-refractivity contribution in [3.63, 3.8) is 0 Å². The SMILES string of the molecule is CCC(Sc1cccc(NC(=O)CC(C)(C)C)c1)C(=O)Nc1ccc([N+](=O)[O-])cc1. The molecule has 160 valence electrons. The average Bonchev–Trinajstić information content (AvgIpc) is 2.65. The maximum absolute atomic E-state index is 12.7. The summed E-state index contributed by atoms with van der Waals surface area (Å²) in [5.74, 6) is -0.230. The lowest BCUT2D eigenvalue weighted by Crippen LogP contribution is -2.24. The average molecular weight is 430 g/mol. The zero-order valence-electron chi connectivity index (χ0n) is 17.6. The van der Waals surface area contributed by atoms with Crippen molar-refractivity contribution in [2.75, 3.05) is 10.6 Å². The van der Waals surface area contributed by atoms with Gasteiger partial charge in [-0.25, -0.2) is 0 Å². The molecule has 0 saturated heterocycles. The second-order valence-electron chi connectivity index (χ2n) is 8.12. The zero-order chi connectivity index (χ0) is 22.3. The van der Waals surface area contributed by atoms with Crippen molar-refractivity contribution >= 4 is 40.6 Å². The fourth-order valence-electron chi connectivity index (χ4n) is 2.71. The van der Waals surface area contributed by atoms with Crippen molar-refractivity contribution in [1.82, 2.24) is 0 Å². The maximum atomic E-state index is 12.7. The number of hydrogen-bond donors (Lipinski definition) is 2. The fraction of sp³-hybridized carbons (Fsp3) is 0.364. The van der Waals surface area contributed by atoms with Gasteiger partial charge in [0.2, 0.25) is 11.8 Å². The molecule has 0 fully saturated rings. The Morgan fingerprint density at radius 1 is 1.07 bits per heavy atom. The van der Waals surface area contributed by atoms with Crippen molar-refractivity contribution in [3.05, 3.63) is 58.6 Å². The molecule has 0 heterocycles. The first-order valence-electron chi connectivity index (χ1n) is 9.69. The number of non-ortho nitro benzene ring substituents is 1. The van der Waals surface area contributed by atoms with E-state index < -0.39 is 4.92 Å². The molecule has 0 saturated carbocycles. The van der Waals surface area contributed by atoms with Gasteiger partial charge in [-0.15, -0.1) is 11.8 Å². The van der Waals surface area contributed by atoms with Crippen molar-refractivity contribution in [3.8, 4) is 0 Å². The highest BCUT2D eigenvalue weighted by Crippen LogP contribution is 2.29. The molecular weight excluding hydrogens is 402 g/mol. The molecule has 2 N–H and O–H groups in total. The van der Waals surface area contributed by atoms with Crippen LogP contribution in [0.4, 0.5) is 17.1 Å². The normalized spacial score (nSPS) is 12.1. The quantitative estimate of drug-likeness (QED) is 0.329. The van der Waals surface area contributed by atoms with Gasteiger partial charge < -0.3 is 10.6 Å². The smallest absolute Gasteiger partial charge is 0.269 e. The van der Waals surface area contributed by atoms with Crippen LogP contribution in [0.25, 0.3) is 0 Å². The van der Waals surface area contributed by atoms with Crippen LogP contribution in [0.5, 0.6) is 0 Å². The number of nitrogens with one attached hydrogen (secondary N) is 2. The number of hydrogen-bond acceptors (Lipinski definition) is 5. The third kappa shape index (κ3) is 7.51. The third-order valence-corrected chi connectivity index (χ3v) is 5.45. The van der Waals surface area contributed by atoms with Crippen LogP contribution in [0.3, 0.4) is 0 Å². The van der Waals surface area contributed by atoms with E-state index >= 15 is 0 Å². The second-order valence-corrected chi connectivity index (χ2v) is 9.40. The molecule has 1 atom stereocenters. The fourth-order valence-corrected chi connectivity index (χ4v) is 3.72. The summed E-state index contributed by atoms with van der Waals surface area (Å²) >= 11 is 1.41. The van der Waals surface area contributed by atoms with Gasteiger partial charge in [-0.1, -0.05) is 33.8 Å². The zero-order valence-corrected chi connectivity index (χ0v) is 18.4. The number of thioether (sulfide) groups is 1. The Kier molecular flexibility index (Phi) is 8.00. The molecule has 2 rings (SSSR count). The predicted molar refractivity (Wildman–Crippen MR) is 121 cm³/mol. The lowest BCUT2D eigenvalue weighted by Gasteiger charge is -2.18. The minimum absolute atomic E-state index is 0.0280. The number of nitro benzene ring substituents is 1. The standard InChI is InChI=1S/C22H27N3O4S/c1-5-19(21(27)24-15-9-11-17(12-10-15)25(28)29)30-18-8-6-7-16(13-18)23-20(26)14-22(2,3)4/h6-13,19H,5,14H2,1-4H3,(H,23,26)(H,24,27). The van der Waals surface area contributed by atoms with E-state index in [0.717, 1.165) is 4.90 Å². The number of nitrogens with zero attached hydrogens (tertiary/aromatic N) is 1. The number of amides is 2. The van der Waals surface area contributed by atoms with Crippen molar-refractivity contribution in [1.29, 1.82) is 0 Å². The molecular formula is C22H27N3O4S. The van der Waals surface area contributed by atoms with Gasteiger partial charge in [0.25, 0.3) is 5.69 Å². The van der Waals surface area contributed by atoms with E-state index in [9.17, 15) is 19.7 Å². The summed E-state index contributed by atoms with van der Waals surface area (Å²) in [4.78, 5) is 36.0. The summed E-state index contributed by atoms with van der Waals surface area (Å²) in [5.41, 5.74) is 1.08. The number of nitro groups is 1. The number of anilines is 2. The van der Waals surface area contributed by atoms with Gasteiger partial charge in [0.1, 0.15) is 0 Å². The van der Waals surface area contributed by atoms with Crippen LogP contribution in [0.2, 0.25) is 0 Å². The van der Waals surface area contributed by atoms with Crippen molar-refractivity contribution < 1.29 is 14.5 Å². The lowest BCUT2D eigenvalue weighted by molar-refractivity contribution is -0.384. The van der Waals surface area contributed by atoms with E-state index in [2.05, 4.69) is 10.6 Å². The van der Waals surface area contributed by atoms with Crippen LogP contribution in [0.1, 0.15) is 40.5 Å². The summed E-state index contributed by atoms with van der Waals surface area (Å²) in [6.07, 6.45) is 1.02. The maximum Gasteiger partial charge on any atom is 0.269 e. The van der Waals surface area contributed by atoms with E-state index in [1.807, 2.05) is 52.0 Å². The Labute approximate surface area is 180 Å². The van der Waals surface area contributed by atoms with Crippen LogP contribution >= 0.6 is 11.8 Å². The molecule has 0 aliphatic heterocycles. The van der Waals surface area contributed by atoms with Crippen LogP contribution in [0, 0.1) is 15.5 Å². The molecule has 0 bridgehead atoms. The molecule has 0 aliphatic carbocycles. The topological polar surface area (TPSA) is 101 Å². The molecule has 2 aromatic carbocycles. The van der Waals surface area contributed by atoms with E-state index in [1.54, 1.807) is 0 Å². The number of benzene rings is 2. The predicted octanol–water partition coefficient (Wildman–Crippen LogP) is 5.48. The lowest BCUT2D eigenvalue weighted by atomic mass is 9.92. The van der Waals surface area contributed by atoms with Crippen molar-refractivity contribution in [2.45, 2.75) is 50.7 Å². The van der Waals surface area contributed by atoms with E-state index in [1.165, 1.54) is 36.0 Å². The van der Waals surface area contributed by atoms with Gasteiger partial charge >= 0.3 is 0 Å². The molecule has 8 heteroatoms.